The molecule has 3 heterocycles. The summed E-state index contributed by atoms with van der Waals surface area (Å²) in [5, 5.41) is 11.5. The number of hydrogen-bond acceptors (Lipinski definition) is 5. The van der Waals surface area contributed by atoms with Gasteiger partial charge in [-0.3, -0.25) is 0 Å². The predicted molar refractivity (Wildman–Crippen MR) is 107 cm³/mol. The quantitative estimate of drug-likeness (QED) is 0.716. The Bertz CT molecular complexity index is 1000. The Hall–Kier alpha value is -2.86. The molecule has 2 aromatic carbocycles. The number of amides is 1. The number of fused-ring (bicyclic) bond motifs is 3. The van der Waals surface area contributed by atoms with Crippen molar-refractivity contribution in [3.05, 3.63) is 66.1 Å². The van der Waals surface area contributed by atoms with Gasteiger partial charge in [-0.15, -0.1) is 0 Å². The van der Waals surface area contributed by atoms with E-state index in [0.717, 1.165) is 35.9 Å². The molecule has 2 saturated heterocycles. The molecule has 0 spiro atoms. The van der Waals surface area contributed by atoms with Gasteiger partial charge in [0.15, 0.2) is 12.0 Å². The van der Waals surface area contributed by atoms with Crippen LogP contribution in [0.2, 0.25) is 0 Å². The molecule has 2 fully saturated rings. The minimum absolute atomic E-state index is 0.0243. The fraction of sp³-hybridized carbons (Fsp3) is 0.391. The highest BCUT2D eigenvalue weighted by atomic mass is 16.6. The molecule has 2 bridgehead atoms. The number of hydrogen-bond donors (Lipinski definition) is 1. The highest BCUT2D eigenvalue weighted by molar-refractivity contribution is 5.73. The van der Waals surface area contributed by atoms with E-state index in [1.807, 2.05) is 53.4 Å². The molecule has 2 atom stereocenters. The monoisotopic (exact) mass is 392 g/mol. The summed E-state index contributed by atoms with van der Waals surface area (Å²) in [7, 11) is 0. The number of oxazole rings is 1. The van der Waals surface area contributed by atoms with Crippen LogP contribution in [0.3, 0.4) is 0 Å². The van der Waals surface area contributed by atoms with Crippen LogP contribution < -0.4 is 0 Å². The molecule has 0 aliphatic carbocycles. The average Bonchev–Trinajstić information content (AvgIpc) is 3.20. The molecule has 1 amide bonds. The van der Waals surface area contributed by atoms with Crippen molar-refractivity contribution in [2.75, 3.05) is 0 Å². The topological polar surface area (TPSA) is 75.8 Å². The molecule has 1 N–H and O–H groups in total. The van der Waals surface area contributed by atoms with Crippen molar-refractivity contribution in [1.29, 1.82) is 0 Å². The lowest BCUT2D eigenvalue weighted by Gasteiger charge is -2.51. The lowest BCUT2D eigenvalue weighted by Crippen LogP contribution is -2.58. The number of carbonyl (C=O) groups is 1. The second-order valence-corrected chi connectivity index (χ2v) is 8.16. The van der Waals surface area contributed by atoms with Crippen LogP contribution >= 0.6 is 0 Å². The number of carbonyl (C=O) groups excluding carboxylic acids is 1. The summed E-state index contributed by atoms with van der Waals surface area (Å²) >= 11 is 0. The van der Waals surface area contributed by atoms with Gasteiger partial charge in [-0.25, -0.2) is 9.78 Å². The molecular weight excluding hydrogens is 368 g/mol. The van der Waals surface area contributed by atoms with Gasteiger partial charge in [0, 0.05) is 24.9 Å². The molecule has 5 rings (SSSR count). The molecule has 2 aliphatic heterocycles. The predicted octanol–water partition coefficient (Wildman–Crippen LogP) is 4.37. The summed E-state index contributed by atoms with van der Waals surface area (Å²) in [6, 6.07) is 15.3. The number of benzene rings is 2. The number of ether oxygens (including phenoxy) is 1. The Kier molecular flexibility index (Phi) is 4.51. The third-order valence-electron chi connectivity index (χ3n) is 6.29. The highest BCUT2D eigenvalue weighted by Gasteiger charge is 2.48. The summed E-state index contributed by atoms with van der Waals surface area (Å²) in [5.41, 5.74) is 2.29. The second kappa shape index (κ2) is 7.19. The van der Waals surface area contributed by atoms with E-state index in [9.17, 15) is 9.90 Å². The maximum Gasteiger partial charge on any atom is 0.410 e. The summed E-state index contributed by atoms with van der Waals surface area (Å²) < 4.78 is 10.9. The second-order valence-electron chi connectivity index (χ2n) is 8.16. The zero-order valence-electron chi connectivity index (χ0n) is 16.2. The smallest absolute Gasteiger partial charge is 0.410 e. The first-order valence-corrected chi connectivity index (χ1v) is 10.2. The van der Waals surface area contributed by atoms with Gasteiger partial charge in [-0.2, -0.15) is 0 Å². The van der Waals surface area contributed by atoms with E-state index in [2.05, 4.69) is 4.98 Å². The molecule has 0 saturated carbocycles. The Morgan fingerprint density at radius 3 is 2.69 bits per heavy atom. The van der Waals surface area contributed by atoms with E-state index in [0.29, 0.717) is 18.4 Å². The van der Waals surface area contributed by atoms with E-state index in [1.54, 1.807) is 0 Å². The molecule has 1 aromatic heterocycles. The van der Waals surface area contributed by atoms with Crippen LogP contribution in [-0.4, -0.2) is 33.2 Å². The third kappa shape index (κ3) is 3.38. The van der Waals surface area contributed by atoms with Crippen LogP contribution in [0.4, 0.5) is 4.79 Å². The maximum absolute atomic E-state index is 12.9. The first kappa shape index (κ1) is 18.2. The van der Waals surface area contributed by atoms with Crippen molar-refractivity contribution in [3.63, 3.8) is 0 Å². The fourth-order valence-corrected chi connectivity index (χ4v) is 4.90. The van der Waals surface area contributed by atoms with E-state index in [1.165, 1.54) is 6.39 Å². The number of aliphatic hydroxyl groups is 1. The van der Waals surface area contributed by atoms with Crippen molar-refractivity contribution < 1.29 is 19.1 Å². The van der Waals surface area contributed by atoms with Crippen LogP contribution in [0.5, 0.6) is 0 Å². The van der Waals surface area contributed by atoms with Gasteiger partial charge < -0.3 is 19.2 Å². The minimum Gasteiger partial charge on any atom is -0.445 e. The van der Waals surface area contributed by atoms with Crippen LogP contribution in [0.1, 0.15) is 43.2 Å². The summed E-state index contributed by atoms with van der Waals surface area (Å²) in [6.07, 6.45) is 4.98. The van der Waals surface area contributed by atoms with Crippen molar-refractivity contribution in [2.24, 2.45) is 0 Å². The Labute approximate surface area is 169 Å². The van der Waals surface area contributed by atoms with Crippen molar-refractivity contribution in [3.8, 4) is 0 Å². The fourth-order valence-electron chi connectivity index (χ4n) is 4.90. The van der Waals surface area contributed by atoms with E-state index in [4.69, 9.17) is 9.15 Å². The zero-order chi connectivity index (χ0) is 19.8. The molecular formula is C23H24N2O4. The van der Waals surface area contributed by atoms with Gasteiger partial charge in [-0.05, 0) is 42.5 Å². The standard InChI is InChI=1S/C23H24N2O4/c26-22(28-14-16-5-2-1-3-6-16)25-18-7-4-8-19(25)13-23(27,12-18)17-9-10-21-20(11-17)24-15-29-21/h1-3,5-6,9-11,15,18-19,27H,4,7-8,12-14H2. The number of aromatic nitrogens is 1. The number of piperidine rings is 2. The van der Waals surface area contributed by atoms with Crippen molar-refractivity contribution in [2.45, 2.75) is 56.4 Å². The molecule has 29 heavy (non-hydrogen) atoms. The van der Waals surface area contributed by atoms with Gasteiger partial charge in [-0.1, -0.05) is 36.4 Å². The average molecular weight is 392 g/mol. The zero-order valence-corrected chi connectivity index (χ0v) is 16.2. The normalized spacial score (nSPS) is 26.4. The lowest BCUT2D eigenvalue weighted by atomic mass is 9.72. The Morgan fingerprint density at radius 2 is 1.93 bits per heavy atom. The summed E-state index contributed by atoms with van der Waals surface area (Å²) in [6.45, 7) is 0.267. The Morgan fingerprint density at radius 1 is 1.17 bits per heavy atom. The SMILES string of the molecule is O=C(OCc1ccccc1)N1C2CCCC1CC(O)(c1ccc3ocnc3c1)C2. The first-order chi connectivity index (χ1) is 14.1. The van der Waals surface area contributed by atoms with E-state index < -0.39 is 5.60 Å². The van der Waals surface area contributed by atoms with Crippen LogP contribution in [0.25, 0.3) is 11.1 Å². The van der Waals surface area contributed by atoms with Crippen molar-refractivity contribution >= 4 is 17.2 Å². The van der Waals surface area contributed by atoms with E-state index >= 15 is 0 Å². The summed E-state index contributed by atoms with van der Waals surface area (Å²) in [5.74, 6) is 0. The summed E-state index contributed by atoms with van der Waals surface area (Å²) in [4.78, 5) is 19.0. The molecule has 150 valence electrons. The minimum atomic E-state index is -0.973. The lowest BCUT2D eigenvalue weighted by molar-refractivity contribution is -0.0895. The van der Waals surface area contributed by atoms with Gasteiger partial charge in [0.25, 0.3) is 0 Å². The Balaban J connectivity index is 1.34. The van der Waals surface area contributed by atoms with Crippen molar-refractivity contribution in [1.82, 2.24) is 9.88 Å². The van der Waals surface area contributed by atoms with Crippen LogP contribution in [0.15, 0.2) is 59.3 Å². The largest absolute Gasteiger partial charge is 0.445 e. The van der Waals surface area contributed by atoms with Crippen LogP contribution in [-0.2, 0) is 16.9 Å². The number of nitrogens with zero attached hydrogens (tertiary/aromatic N) is 2. The third-order valence-corrected chi connectivity index (χ3v) is 6.29. The molecule has 2 aliphatic rings. The first-order valence-electron chi connectivity index (χ1n) is 10.2. The highest BCUT2D eigenvalue weighted by Crippen LogP contribution is 2.45. The molecule has 2 unspecified atom stereocenters. The van der Waals surface area contributed by atoms with Gasteiger partial charge in [0.1, 0.15) is 12.1 Å². The molecule has 0 radical (unpaired) electrons. The molecule has 3 aromatic rings. The molecule has 6 nitrogen and oxygen atoms in total. The maximum atomic E-state index is 12.9. The molecule has 6 heteroatoms. The number of rotatable bonds is 3. The van der Waals surface area contributed by atoms with Gasteiger partial charge in [0.05, 0.1) is 5.60 Å². The van der Waals surface area contributed by atoms with Crippen LogP contribution in [0, 0.1) is 0 Å². The van der Waals surface area contributed by atoms with Gasteiger partial charge >= 0.3 is 6.09 Å². The van der Waals surface area contributed by atoms with E-state index in [-0.39, 0.29) is 24.8 Å². The van der Waals surface area contributed by atoms with Gasteiger partial charge in [0.2, 0.25) is 0 Å².